The zero-order valence-corrected chi connectivity index (χ0v) is 28.9. The van der Waals surface area contributed by atoms with E-state index < -0.39 is 0 Å². The average molecular weight is 721 g/mol. The van der Waals surface area contributed by atoms with Crippen molar-refractivity contribution in [1.82, 2.24) is 24.9 Å². The minimum atomic E-state index is -0.310. The van der Waals surface area contributed by atoms with Crippen LogP contribution in [0, 0.1) is 0 Å². The highest BCUT2D eigenvalue weighted by Gasteiger charge is 2.33. The fourth-order valence-corrected chi connectivity index (χ4v) is 6.98. The van der Waals surface area contributed by atoms with Crippen LogP contribution in [-0.2, 0) is 13.1 Å². The molecule has 0 saturated heterocycles. The van der Waals surface area contributed by atoms with Gasteiger partial charge in [-0.25, -0.2) is 0 Å². The number of rotatable bonds is 9. The van der Waals surface area contributed by atoms with Crippen molar-refractivity contribution in [2.45, 2.75) is 13.1 Å². The maximum atomic E-state index is 13.9. The van der Waals surface area contributed by atoms with E-state index in [1.807, 2.05) is 29.2 Å². The topological polar surface area (TPSA) is 160 Å². The number of carbonyl (C=O) groups excluding carboxylic acids is 4. The number of fused-ring (bicyclic) bond motifs is 4. The third kappa shape index (κ3) is 6.07. The summed E-state index contributed by atoms with van der Waals surface area (Å²) in [5, 5.41) is 6.41. The number of hydrogen-bond acceptors (Lipinski definition) is 12. The molecule has 3 aromatic heterocycles. The molecule has 264 valence electrons. The molecule has 0 fully saturated rings. The van der Waals surface area contributed by atoms with Gasteiger partial charge in [0.15, 0.2) is 23.1 Å². The van der Waals surface area contributed by atoms with Crippen LogP contribution in [-0.4, -0.2) is 48.1 Å². The summed E-state index contributed by atoms with van der Waals surface area (Å²) >= 11 is 0. The highest BCUT2D eigenvalue weighted by atomic mass is 16.1. The molecule has 0 spiro atoms. The zero-order valence-electron chi connectivity index (χ0n) is 28.9. The quantitative estimate of drug-likeness (QED) is 0.159. The van der Waals surface area contributed by atoms with Gasteiger partial charge in [0.2, 0.25) is 17.8 Å². The fourth-order valence-electron chi connectivity index (χ4n) is 6.98. The number of benzene rings is 4. The van der Waals surface area contributed by atoms with Crippen LogP contribution >= 0.6 is 0 Å². The molecule has 12 heteroatoms. The number of anilines is 5. The first kappa shape index (κ1) is 33.1. The van der Waals surface area contributed by atoms with E-state index in [2.05, 4.69) is 20.6 Å². The molecule has 0 amide bonds. The summed E-state index contributed by atoms with van der Waals surface area (Å²) in [6.07, 6.45) is 6.89. The molecule has 2 aliphatic rings. The molecule has 0 saturated carbocycles. The molecule has 0 atom stereocenters. The van der Waals surface area contributed by atoms with E-state index in [0.29, 0.717) is 46.7 Å². The normalized spacial score (nSPS) is 12.7. The van der Waals surface area contributed by atoms with Crippen molar-refractivity contribution in [1.29, 1.82) is 0 Å². The van der Waals surface area contributed by atoms with Gasteiger partial charge in [-0.2, -0.15) is 15.0 Å². The number of hydrogen-bond donors (Lipinski definition) is 2. The number of ketones is 4. The number of aromatic nitrogens is 5. The molecule has 0 aliphatic heterocycles. The van der Waals surface area contributed by atoms with Gasteiger partial charge in [0, 0.05) is 71.3 Å². The average Bonchev–Trinajstić information content (AvgIpc) is 3.22. The van der Waals surface area contributed by atoms with E-state index in [-0.39, 0.29) is 63.2 Å². The van der Waals surface area contributed by atoms with Crippen LogP contribution in [0.2, 0.25) is 0 Å². The van der Waals surface area contributed by atoms with E-state index in [0.717, 1.165) is 11.1 Å². The largest absolute Gasteiger partial charge is 0.332 e. The Balaban J connectivity index is 1.16. The van der Waals surface area contributed by atoms with Crippen molar-refractivity contribution in [3.8, 4) is 0 Å². The SMILES string of the molecule is O=C1c2ccccc2C(=O)c2c(Nc3nc(Nc4cccc5c4C(=O)c4ccccc4C5=O)nc(N(Cc4cccnc4)Cc4cccnc4)n3)cccc21. The van der Waals surface area contributed by atoms with Gasteiger partial charge in [0.05, 0.1) is 22.5 Å². The maximum absolute atomic E-state index is 13.9. The molecule has 0 bridgehead atoms. The summed E-state index contributed by atoms with van der Waals surface area (Å²) in [5.41, 5.74) is 4.64. The van der Waals surface area contributed by atoms with Crippen LogP contribution in [0.25, 0.3) is 0 Å². The fraction of sp³-hybridized carbons (Fsp3) is 0.0465. The molecule has 7 aromatic rings. The Kier molecular flexibility index (Phi) is 8.24. The first-order chi connectivity index (χ1) is 26.9. The number of nitrogens with one attached hydrogen (secondary N) is 2. The predicted octanol–water partition coefficient (Wildman–Crippen LogP) is 6.91. The van der Waals surface area contributed by atoms with Gasteiger partial charge in [-0.05, 0) is 35.4 Å². The molecule has 12 nitrogen and oxygen atoms in total. The number of carbonyl (C=O) groups is 4. The van der Waals surface area contributed by atoms with Gasteiger partial charge in [-0.3, -0.25) is 29.1 Å². The van der Waals surface area contributed by atoms with Gasteiger partial charge in [0.1, 0.15) is 0 Å². The molecule has 55 heavy (non-hydrogen) atoms. The van der Waals surface area contributed by atoms with Gasteiger partial charge in [0.25, 0.3) is 0 Å². The van der Waals surface area contributed by atoms with Gasteiger partial charge in [-0.1, -0.05) is 84.9 Å². The molecule has 9 rings (SSSR count). The second-order valence-corrected chi connectivity index (χ2v) is 13.0. The lowest BCUT2D eigenvalue weighted by Gasteiger charge is -2.25. The van der Waals surface area contributed by atoms with Crippen LogP contribution in [0.3, 0.4) is 0 Å². The van der Waals surface area contributed by atoms with Crippen LogP contribution < -0.4 is 15.5 Å². The molecule has 0 unspecified atom stereocenters. The lowest BCUT2D eigenvalue weighted by Crippen LogP contribution is -2.26. The molecular weight excluding hydrogens is 693 g/mol. The number of nitrogens with zero attached hydrogens (tertiary/aromatic N) is 6. The van der Waals surface area contributed by atoms with Crippen molar-refractivity contribution in [2.24, 2.45) is 0 Å². The third-order valence-corrected chi connectivity index (χ3v) is 9.50. The predicted molar refractivity (Wildman–Crippen MR) is 204 cm³/mol. The molecule has 0 radical (unpaired) electrons. The van der Waals surface area contributed by atoms with Crippen molar-refractivity contribution in [3.63, 3.8) is 0 Å². The van der Waals surface area contributed by atoms with E-state index >= 15 is 0 Å². The summed E-state index contributed by atoms with van der Waals surface area (Å²) in [6.45, 7) is 0.696. The first-order valence-electron chi connectivity index (χ1n) is 17.4. The summed E-state index contributed by atoms with van der Waals surface area (Å²) in [7, 11) is 0. The van der Waals surface area contributed by atoms with Crippen LogP contribution in [0.1, 0.15) is 74.8 Å². The van der Waals surface area contributed by atoms with E-state index in [1.165, 1.54) is 0 Å². The van der Waals surface area contributed by atoms with Gasteiger partial charge >= 0.3 is 0 Å². The Bertz CT molecular complexity index is 2520. The van der Waals surface area contributed by atoms with Crippen molar-refractivity contribution in [3.05, 3.63) is 190 Å². The summed E-state index contributed by atoms with van der Waals surface area (Å²) < 4.78 is 0. The van der Waals surface area contributed by atoms with E-state index in [1.54, 1.807) is 110 Å². The molecule has 2 aliphatic carbocycles. The monoisotopic (exact) mass is 720 g/mol. The van der Waals surface area contributed by atoms with Crippen molar-refractivity contribution < 1.29 is 19.2 Å². The molecule has 3 heterocycles. The Hall–Kier alpha value is -7.73. The highest BCUT2D eigenvalue weighted by Crippen LogP contribution is 2.35. The van der Waals surface area contributed by atoms with Crippen LogP contribution in [0.5, 0.6) is 0 Å². The zero-order chi connectivity index (χ0) is 37.5. The summed E-state index contributed by atoms with van der Waals surface area (Å²) in [6, 6.07) is 31.0. The van der Waals surface area contributed by atoms with E-state index in [4.69, 9.17) is 15.0 Å². The maximum Gasteiger partial charge on any atom is 0.233 e. The highest BCUT2D eigenvalue weighted by molar-refractivity contribution is 6.31. The number of pyridine rings is 2. The third-order valence-electron chi connectivity index (χ3n) is 9.50. The minimum absolute atomic E-state index is 0.0555. The van der Waals surface area contributed by atoms with E-state index in [9.17, 15) is 19.2 Å². The molecule has 4 aromatic carbocycles. The minimum Gasteiger partial charge on any atom is -0.332 e. The Labute approximate surface area is 314 Å². The first-order valence-corrected chi connectivity index (χ1v) is 17.4. The summed E-state index contributed by atoms with van der Waals surface area (Å²) in [4.78, 5) is 79.8. The molecular formula is C43H28N8O4. The van der Waals surface area contributed by atoms with Gasteiger partial charge < -0.3 is 15.5 Å². The smallest absolute Gasteiger partial charge is 0.233 e. The van der Waals surface area contributed by atoms with Gasteiger partial charge in [-0.15, -0.1) is 0 Å². The van der Waals surface area contributed by atoms with Crippen LogP contribution in [0.15, 0.2) is 134 Å². The van der Waals surface area contributed by atoms with Crippen molar-refractivity contribution in [2.75, 3.05) is 15.5 Å². The standard InChI is InChI=1S/C43H28N8O4/c52-37-27-11-1-3-13-29(27)39(54)35-31(37)15-5-17-33(35)46-41-48-42(47-34-18-6-16-32-36(34)40(55)30-14-4-2-12-28(30)38(32)53)50-43(49-41)51(23-25-9-7-19-44-21-25)24-26-10-8-20-45-22-26/h1-22H,23-24H2,(H2,46,47,48,49,50). The Morgan fingerprint density at radius 2 is 0.855 bits per heavy atom. The van der Waals surface area contributed by atoms with Crippen molar-refractivity contribution >= 4 is 52.4 Å². The second kappa shape index (κ2) is 13.7. The second-order valence-electron chi connectivity index (χ2n) is 13.0. The molecule has 2 N–H and O–H groups in total. The lowest BCUT2D eigenvalue weighted by atomic mass is 9.83. The lowest BCUT2D eigenvalue weighted by molar-refractivity contribution is 0.0979. The Morgan fingerprint density at radius 1 is 0.436 bits per heavy atom. The van der Waals surface area contributed by atoms with Crippen LogP contribution in [0.4, 0.5) is 29.2 Å². The summed E-state index contributed by atoms with van der Waals surface area (Å²) in [5.74, 6) is -0.796. The Morgan fingerprint density at radius 3 is 1.27 bits per heavy atom.